The number of rotatable bonds is 6. The third-order valence-electron chi connectivity index (χ3n) is 2.26. The molecule has 1 aromatic rings. The summed E-state index contributed by atoms with van der Waals surface area (Å²) in [5.41, 5.74) is 1.77. The van der Waals surface area contributed by atoms with Gasteiger partial charge in [-0.25, -0.2) is 0 Å². The van der Waals surface area contributed by atoms with Crippen LogP contribution in [-0.2, 0) is 0 Å². The molecule has 0 atom stereocenters. The number of benzene rings is 1. The lowest BCUT2D eigenvalue weighted by Crippen LogP contribution is -2.04. The Balaban J connectivity index is 2.67. The average molecular weight is 238 g/mol. The van der Waals surface area contributed by atoms with Crippen LogP contribution in [0.2, 0.25) is 0 Å². The standard InChI is InChI=1S/C13H18O2S/c1-10-5-6-13(12(9-10)11(2)14)15-7-4-8-16-3/h5-6,9H,4,7-8H2,1-3H3. The first-order chi connectivity index (χ1) is 7.65. The van der Waals surface area contributed by atoms with Crippen molar-refractivity contribution in [3.8, 4) is 5.75 Å². The Labute approximate surface area is 101 Å². The molecule has 0 amide bonds. The molecule has 0 saturated heterocycles. The van der Waals surface area contributed by atoms with E-state index in [1.54, 1.807) is 18.7 Å². The van der Waals surface area contributed by atoms with Crippen LogP contribution in [0.1, 0.15) is 29.3 Å². The molecule has 1 rings (SSSR count). The smallest absolute Gasteiger partial charge is 0.163 e. The van der Waals surface area contributed by atoms with Gasteiger partial charge in [-0.2, -0.15) is 11.8 Å². The number of hydrogen-bond donors (Lipinski definition) is 0. The van der Waals surface area contributed by atoms with Gasteiger partial charge in [0.2, 0.25) is 0 Å². The molecule has 0 aromatic heterocycles. The van der Waals surface area contributed by atoms with Gasteiger partial charge in [0, 0.05) is 0 Å². The first-order valence-corrected chi connectivity index (χ1v) is 6.78. The van der Waals surface area contributed by atoms with Crippen LogP contribution in [0.4, 0.5) is 0 Å². The van der Waals surface area contributed by atoms with E-state index in [1.807, 2.05) is 25.1 Å². The van der Waals surface area contributed by atoms with Crippen molar-refractivity contribution < 1.29 is 9.53 Å². The highest BCUT2D eigenvalue weighted by Gasteiger charge is 2.08. The average Bonchev–Trinajstić information content (AvgIpc) is 2.26. The lowest BCUT2D eigenvalue weighted by Gasteiger charge is -2.10. The van der Waals surface area contributed by atoms with Crippen molar-refractivity contribution in [2.24, 2.45) is 0 Å². The maximum Gasteiger partial charge on any atom is 0.163 e. The van der Waals surface area contributed by atoms with E-state index in [2.05, 4.69) is 6.26 Å². The highest BCUT2D eigenvalue weighted by molar-refractivity contribution is 7.98. The van der Waals surface area contributed by atoms with Crippen molar-refractivity contribution in [1.82, 2.24) is 0 Å². The minimum absolute atomic E-state index is 0.0589. The summed E-state index contributed by atoms with van der Waals surface area (Å²) in [7, 11) is 0. The van der Waals surface area contributed by atoms with Gasteiger partial charge in [-0.15, -0.1) is 0 Å². The molecule has 0 fully saturated rings. The predicted molar refractivity (Wildman–Crippen MR) is 69.7 cm³/mol. The normalized spacial score (nSPS) is 10.2. The van der Waals surface area contributed by atoms with Gasteiger partial charge in [0.25, 0.3) is 0 Å². The monoisotopic (exact) mass is 238 g/mol. The van der Waals surface area contributed by atoms with Crippen LogP contribution >= 0.6 is 11.8 Å². The van der Waals surface area contributed by atoms with Crippen LogP contribution in [0.3, 0.4) is 0 Å². The fourth-order valence-electron chi connectivity index (χ4n) is 1.43. The molecular formula is C13H18O2S. The summed E-state index contributed by atoms with van der Waals surface area (Å²) in [4.78, 5) is 11.4. The number of carbonyl (C=O) groups excluding carboxylic acids is 1. The maximum absolute atomic E-state index is 11.4. The Morgan fingerprint density at radius 1 is 1.44 bits per heavy atom. The van der Waals surface area contributed by atoms with Crippen molar-refractivity contribution in [2.75, 3.05) is 18.6 Å². The molecule has 16 heavy (non-hydrogen) atoms. The zero-order chi connectivity index (χ0) is 12.0. The van der Waals surface area contributed by atoms with Crippen LogP contribution in [0.25, 0.3) is 0 Å². The van der Waals surface area contributed by atoms with E-state index in [9.17, 15) is 4.79 Å². The molecule has 0 unspecified atom stereocenters. The van der Waals surface area contributed by atoms with Gasteiger partial charge >= 0.3 is 0 Å². The van der Waals surface area contributed by atoms with Gasteiger partial charge < -0.3 is 4.74 Å². The Kier molecular flexibility index (Phi) is 5.39. The molecule has 0 N–H and O–H groups in total. The van der Waals surface area contributed by atoms with Gasteiger partial charge in [0.15, 0.2) is 5.78 Å². The van der Waals surface area contributed by atoms with Crippen molar-refractivity contribution in [3.63, 3.8) is 0 Å². The van der Waals surface area contributed by atoms with E-state index in [0.29, 0.717) is 17.9 Å². The highest BCUT2D eigenvalue weighted by Crippen LogP contribution is 2.20. The summed E-state index contributed by atoms with van der Waals surface area (Å²) < 4.78 is 5.62. The van der Waals surface area contributed by atoms with E-state index in [0.717, 1.165) is 17.7 Å². The molecule has 0 bridgehead atoms. The molecule has 2 nitrogen and oxygen atoms in total. The fraction of sp³-hybridized carbons (Fsp3) is 0.462. The van der Waals surface area contributed by atoms with E-state index in [4.69, 9.17) is 4.74 Å². The molecule has 0 aliphatic heterocycles. The summed E-state index contributed by atoms with van der Waals surface area (Å²) in [5.74, 6) is 1.85. The lowest BCUT2D eigenvalue weighted by molar-refractivity contribution is 0.101. The fourth-order valence-corrected chi connectivity index (χ4v) is 1.84. The predicted octanol–water partition coefficient (Wildman–Crippen LogP) is 3.33. The highest BCUT2D eigenvalue weighted by atomic mass is 32.2. The summed E-state index contributed by atoms with van der Waals surface area (Å²) in [5, 5.41) is 0. The van der Waals surface area contributed by atoms with Gasteiger partial charge in [0.1, 0.15) is 5.75 Å². The van der Waals surface area contributed by atoms with Gasteiger partial charge in [-0.1, -0.05) is 11.6 Å². The minimum atomic E-state index is 0.0589. The Hall–Kier alpha value is -0.960. The van der Waals surface area contributed by atoms with Crippen molar-refractivity contribution in [3.05, 3.63) is 29.3 Å². The van der Waals surface area contributed by atoms with Crippen LogP contribution < -0.4 is 4.74 Å². The van der Waals surface area contributed by atoms with Gasteiger partial charge in [0.05, 0.1) is 12.2 Å². The molecule has 0 spiro atoms. The Morgan fingerprint density at radius 3 is 2.81 bits per heavy atom. The quantitative estimate of drug-likeness (QED) is 0.561. The SMILES string of the molecule is CSCCCOc1ccc(C)cc1C(C)=O. The summed E-state index contributed by atoms with van der Waals surface area (Å²) >= 11 is 1.80. The molecule has 0 saturated carbocycles. The topological polar surface area (TPSA) is 26.3 Å². The number of ether oxygens (including phenoxy) is 1. The molecule has 88 valence electrons. The van der Waals surface area contributed by atoms with Gasteiger partial charge in [-0.05, 0) is 44.4 Å². The number of hydrogen-bond acceptors (Lipinski definition) is 3. The maximum atomic E-state index is 11.4. The number of thioether (sulfide) groups is 1. The van der Waals surface area contributed by atoms with E-state index in [1.165, 1.54) is 0 Å². The Morgan fingerprint density at radius 2 is 2.19 bits per heavy atom. The van der Waals surface area contributed by atoms with E-state index in [-0.39, 0.29) is 5.78 Å². The van der Waals surface area contributed by atoms with Crippen LogP contribution in [0.5, 0.6) is 5.75 Å². The van der Waals surface area contributed by atoms with Crippen molar-refractivity contribution in [1.29, 1.82) is 0 Å². The molecular weight excluding hydrogens is 220 g/mol. The second-order valence-corrected chi connectivity index (χ2v) is 4.74. The lowest BCUT2D eigenvalue weighted by atomic mass is 10.1. The zero-order valence-electron chi connectivity index (χ0n) is 10.1. The van der Waals surface area contributed by atoms with Crippen molar-refractivity contribution >= 4 is 17.5 Å². The number of aryl methyl sites for hydroxylation is 1. The third kappa shape index (κ3) is 3.89. The summed E-state index contributed by atoms with van der Waals surface area (Å²) in [6, 6.07) is 5.73. The molecule has 1 aromatic carbocycles. The third-order valence-corrected chi connectivity index (χ3v) is 2.96. The van der Waals surface area contributed by atoms with Gasteiger partial charge in [-0.3, -0.25) is 4.79 Å². The molecule has 0 radical (unpaired) electrons. The summed E-state index contributed by atoms with van der Waals surface area (Å²) in [6.45, 7) is 4.22. The molecule has 0 aliphatic rings. The van der Waals surface area contributed by atoms with E-state index >= 15 is 0 Å². The first kappa shape index (κ1) is 13.1. The molecule has 0 heterocycles. The van der Waals surface area contributed by atoms with Crippen LogP contribution in [0.15, 0.2) is 18.2 Å². The second kappa shape index (κ2) is 6.59. The summed E-state index contributed by atoms with van der Waals surface area (Å²) in [6.07, 6.45) is 3.08. The second-order valence-electron chi connectivity index (χ2n) is 3.75. The number of ketones is 1. The Bertz CT molecular complexity index is 361. The first-order valence-electron chi connectivity index (χ1n) is 5.38. The van der Waals surface area contributed by atoms with Crippen LogP contribution in [0, 0.1) is 6.92 Å². The number of Topliss-reactive ketones (excluding diaryl/α,β-unsaturated/α-hetero) is 1. The molecule has 0 aliphatic carbocycles. The largest absolute Gasteiger partial charge is 0.493 e. The zero-order valence-corrected chi connectivity index (χ0v) is 10.9. The van der Waals surface area contributed by atoms with Crippen LogP contribution in [-0.4, -0.2) is 24.4 Å². The van der Waals surface area contributed by atoms with Crippen molar-refractivity contribution in [2.45, 2.75) is 20.3 Å². The minimum Gasteiger partial charge on any atom is -0.493 e. The van der Waals surface area contributed by atoms with E-state index < -0.39 is 0 Å². The number of carbonyl (C=O) groups is 1. The molecule has 3 heteroatoms.